The van der Waals surface area contributed by atoms with Gasteiger partial charge in [0, 0.05) is 22.5 Å². The molecule has 28 heavy (non-hydrogen) atoms. The molecule has 0 aliphatic heterocycles. The van der Waals surface area contributed by atoms with Gasteiger partial charge in [-0.05, 0) is 30.3 Å². The number of hydrogen-bond acceptors (Lipinski definition) is 5. The van der Waals surface area contributed by atoms with Crippen molar-refractivity contribution in [2.75, 3.05) is 28.4 Å². The third-order valence-corrected chi connectivity index (χ3v) is 4.33. The minimum Gasteiger partial charge on any atom is -0.497 e. The minimum absolute atomic E-state index is 0.0682. The highest BCUT2D eigenvalue weighted by molar-refractivity contribution is 5.98. The van der Waals surface area contributed by atoms with Crippen molar-refractivity contribution in [2.24, 2.45) is 0 Å². The van der Waals surface area contributed by atoms with Gasteiger partial charge in [-0.25, -0.2) is 0 Å². The fourth-order valence-electron chi connectivity index (χ4n) is 3.10. The number of pyridine rings is 1. The van der Waals surface area contributed by atoms with Crippen LogP contribution < -0.4 is 18.9 Å². The number of methoxy groups -OCH3 is 4. The van der Waals surface area contributed by atoms with Crippen LogP contribution in [0.3, 0.4) is 0 Å². The lowest BCUT2D eigenvalue weighted by Crippen LogP contribution is -2.11. The van der Waals surface area contributed by atoms with Crippen LogP contribution in [0, 0.1) is 0 Å². The number of ether oxygens (including phenoxy) is 4. The Balaban J connectivity index is 2.43. The fraction of sp³-hybridized carbons (Fsp3) is 0.250. The van der Waals surface area contributed by atoms with E-state index in [4.69, 9.17) is 18.9 Å². The van der Waals surface area contributed by atoms with Crippen LogP contribution in [0.15, 0.2) is 36.5 Å². The van der Waals surface area contributed by atoms with Crippen molar-refractivity contribution in [3.63, 3.8) is 0 Å². The maximum absolute atomic E-state index is 14.2. The molecular weight excluding hydrogens is 375 g/mol. The molecule has 0 atom stereocenters. The Morgan fingerprint density at radius 3 is 1.96 bits per heavy atom. The smallest absolute Gasteiger partial charge is 0.419 e. The number of rotatable bonds is 5. The van der Waals surface area contributed by atoms with Crippen LogP contribution in [0.4, 0.5) is 13.2 Å². The topological polar surface area (TPSA) is 49.8 Å². The summed E-state index contributed by atoms with van der Waals surface area (Å²) < 4.78 is 63.3. The number of aromatic nitrogens is 1. The molecule has 0 spiro atoms. The lowest BCUT2D eigenvalue weighted by atomic mass is 9.98. The predicted molar refractivity (Wildman–Crippen MR) is 98.4 cm³/mol. The first kappa shape index (κ1) is 19.6. The van der Waals surface area contributed by atoms with E-state index in [1.165, 1.54) is 52.8 Å². The number of benzene rings is 2. The number of halogens is 3. The number of nitrogens with zero attached hydrogens (tertiary/aromatic N) is 1. The maximum Gasteiger partial charge on any atom is 0.419 e. The highest BCUT2D eigenvalue weighted by Crippen LogP contribution is 2.49. The average molecular weight is 393 g/mol. The lowest BCUT2D eigenvalue weighted by molar-refractivity contribution is -0.136. The van der Waals surface area contributed by atoms with E-state index in [-0.39, 0.29) is 33.7 Å². The molecule has 0 radical (unpaired) electrons. The molecule has 0 amide bonds. The summed E-state index contributed by atoms with van der Waals surface area (Å²) in [6.45, 7) is 0. The summed E-state index contributed by atoms with van der Waals surface area (Å²) in [6, 6.07) is 7.64. The monoisotopic (exact) mass is 393 g/mol. The molecule has 0 fully saturated rings. The fourth-order valence-corrected chi connectivity index (χ4v) is 3.10. The second-order valence-electron chi connectivity index (χ2n) is 5.82. The molecule has 2 aromatic carbocycles. The van der Waals surface area contributed by atoms with Crippen LogP contribution in [-0.4, -0.2) is 33.4 Å². The Bertz CT molecular complexity index is 1000. The van der Waals surface area contributed by atoms with Crippen LogP contribution in [0.5, 0.6) is 23.0 Å². The molecule has 8 heteroatoms. The van der Waals surface area contributed by atoms with Crippen molar-refractivity contribution in [2.45, 2.75) is 6.18 Å². The predicted octanol–water partition coefficient (Wildman–Crippen LogP) is 4.96. The molecule has 0 unspecified atom stereocenters. The summed E-state index contributed by atoms with van der Waals surface area (Å²) in [7, 11) is 5.50. The Morgan fingerprint density at radius 2 is 1.46 bits per heavy atom. The van der Waals surface area contributed by atoms with Crippen LogP contribution in [-0.2, 0) is 6.18 Å². The van der Waals surface area contributed by atoms with Crippen LogP contribution in [0.2, 0.25) is 0 Å². The summed E-state index contributed by atoms with van der Waals surface area (Å²) in [5, 5.41) is 0.0764. The molecule has 0 N–H and O–H groups in total. The van der Waals surface area contributed by atoms with Gasteiger partial charge in [-0.1, -0.05) is 0 Å². The van der Waals surface area contributed by atoms with E-state index in [0.29, 0.717) is 11.3 Å². The summed E-state index contributed by atoms with van der Waals surface area (Å²) in [4.78, 5) is 4.09. The van der Waals surface area contributed by atoms with Crippen molar-refractivity contribution in [3.8, 4) is 34.3 Å². The molecule has 0 bridgehead atoms. The van der Waals surface area contributed by atoms with Crippen molar-refractivity contribution in [1.29, 1.82) is 0 Å². The maximum atomic E-state index is 14.2. The molecule has 1 aromatic heterocycles. The zero-order valence-corrected chi connectivity index (χ0v) is 15.7. The largest absolute Gasteiger partial charge is 0.497 e. The molecule has 5 nitrogen and oxygen atoms in total. The zero-order chi connectivity index (χ0) is 20.5. The molecule has 3 rings (SSSR count). The highest BCUT2D eigenvalue weighted by atomic mass is 19.4. The van der Waals surface area contributed by atoms with Gasteiger partial charge in [0.25, 0.3) is 0 Å². The molecular formula is C20H18F3NO4. The SMILES string of the molecule is COc1ccc(-c2ncc3cc(OC)c(OC)c(OC)c3c2C(F)(F)F)cc1. The van der Waals surface area contributed by atoms with E-state index in [0.717, 1.165) is 0 Å². The lowest BCUT2D eigenvalue weighted by Gasteiger charge is -2.20. The van der Waals surface area contributed by atoms with E-state index < -0.39 is 11.7 Å². The van der Waals surface area contributed by atoms with Gasteiger partial charge in [-0.3, -0.25) is 4.98 Å². The summed E-state index contributed by atoms with van der Waals surface area (Å²) in [5.74, 6) is 0.789. The van der Waals surface area contributed by atoms with Crippen molar-refractivity contribution in [3.05, 3.63) is 42.1 Å². The molecule has 1 heterocycles. The van der Waals surface area contributed by atoms with Crippen LogP contribution >= 0.6 is 0 Å². The first-order valence-corrected chi connectivity index (χ1v) is 8.19. The average Bonchev–Trinajstić information content (AvgIpc) is 2.70. The van der Waals surface area contributed by atoms with Gasteiger partial charge >= 0.3 is 6.18 Å². The van der Waals surface area contributed by atoms with E-state index in [1.807, 2.05) is 0 Å². The van der Waals surface area contributed by atoms with E-state index in [9.17, 15) is 13.2 Å². The van der Waals surface area contributed by atoms with Gasteiger partial charge < -0.3 is 18.9 Å². The van der Waals surface area contributed by atoms with Gasteiger partial charge in [0.2, 0.25) is 5.75 Å². The molecule has 0 saturated carbocycles. The normalized spacial score (nSPS) is 11.4. The summed E-state index contributed by atoms with van der Waals surface area (Å²) >= 11 is 0. The Kier molecular flexibility index (Phi) is 5.22. The third kappa shape index (κ3) is 3.26. The van der Waals surface area contributed by atoms with Crippen molar-refractivity contribution >= 4 is 10.8 Å². The Morgan fingerprint density at radius 1 is 0.821 bits per heavy atom. The molecule has 0 aliphatic rings. The highest BCUT2D eigenvalue weighted by Gasteiger charge is 2.39. The van der Waals surface area contributed by atoms with Gasteiger partial charge in [0.1, 0.15) is 5.75 Å². The van der Waals surface area contributed by atoms with Crippen molar-refractivity contribution < 1.29 is 32.1 Å². The molecule has 148 valence electrons. The van der Waals surface area contributed by atoms with Gasteiger partial charge in [-0.2, -0.15) is 13.2 Å². The van der Waals surface area contributed by atoms with Crippen LogP contribution in [0.25, 0.3) is 22.0 Å². The molecule has 3 aromatic rings. The van der Waals surface area contributed by atoms with Gasteiger partial charge in [0.05, 0.1) is 39.7 Å². The molecule has 0 aliphatic carbocycles. The van der Waals surface area contributed by atoms with E-state index >= 15 is 0 Å². The Labute approximate surface area is 159 Å². The van der Waals surface area contributed by atoms with Gasteiger partial charge in [0.15, 0.2) is 11.5 Å². The van der Waals surface area contributed by atoms with Gasteiger partial charge in [-0.15, -0.1) is 0 Å². The zero-order valence-electron chi connectivity index (χ0n) is 15.7. The first-order chi connectivity index (χ1) is 13.3. The number of fused-ring (bicyclic) bond motifs is 1. The number of hydrogen-bond donors (Lipinski definition) is 0. The Hall–Kier alpha value is -3.16. The van der Waals surface area contributed by atoms with E-state index in [2.05, 4.69) is 4.98 Å². The number of alkyl halides is 3. The third-order valence-electron chi connectivity index (χ3n) is 4.33. The second-order valence-corrected chi connectivity index (χ2v) is 5.82. The summed E-state index contributed by atoms with van der Waals surface area (Å²) in [6.07, 6.45) is -3.33. The standard InChI is InChI=1S/C20H18F3NO4/c1-25-13-7-5-11(6-8-13)17-16(20(21,22)23)15-12(10-24-17)9-14(26-2)18(27-3)19(15)28-4/h5-10H,1-4H3. The minimum atomic E-state index is -4.69. The van der Waals surface area contributed by atoms with Crippen molar-refractivity contribution in [1.82, 2.24) is 4.98 Å². The molecule has 0 saturated heterocycles. The van der Waals surface area contributed by atoms with E-state index in [1.54, 1.807) is 12.1 Å². The quantitative estimate of drug-likeness (QED) is 0.614. The second kappa shape index (κ2) is 7.46. The first-order valence-electron chi connectivity index (χ1n) is 8.19. The summed E-state index contributed by atoms with van der Waals surface area (Å²) in [5.41, 5.74) is -0.826. The van der Waals surface area contributed by atoms with Crippen LogP contribution in [0.1, 0.15) is 5.56 Å².